The maximum absolute atomic E-state index is 12.9. The lowest BCUT2D eigenvalue weighted by Gasteiger charge is -2.22. The van der Waals surface area contributed by atoms with Crippen molar-refractivity contribution < 1.29 is 17.9 Å². The van der Waals surface area contributed by atoms with Gasteiger partial charge in [-0.25, -0.2) is 4.39 Å². The van der Waals surface area contributed by atoms with Crippen LogP contribution in [0.1, 0.15) is 26.2 Å². The van der Waals surface area contributed by atoms with Crippen LogP contribution in [0.5, 0.6) is 0 Å². The average molecular weight is 253 g/mol. The third-order valence-corrected chi connectivity index (χ3v) is 2.44. The fraction of sp³-hybridized carbons (Fsp3) is 1.00. The van der Waals surface area contributed by atoms with Crippen molar-refractivity contribution in [2.75, 3.05) is 13.2 Å². The summed E-state index contributed by atoms with van der Waals surface area (Å²) < 4.78 is 42.4. The Bertz CT molecular complexity index is 159. The fourth-order valence-electron chi connectivity index (χ4n) is 0.691. The fourth-order valence-corrected chi connectivity index (χ4v) is 0.862. The van der Waals surface area contributed by atoms with Crippen LogP contribution in [-0.2, 0) is 4.74 Å². The minimum Gasteiger partial charge on any atom is -0.381 e. The summed E-state index contributed by atoms with van der Waals surface area (Å²) in [5, 5.41) is -7.30. The second-order valence-corrected chi connectivity index (χ2v) is 3.99. The zero-order chi connectivity index (χ0) is 11.2. The van der Waals surface area contributed by atoms with E-state index in [0.717, 1.165) is 12.8 Å². The monoisotopic (exact) mass is 252 g/mol. The molecule has 0 bridgehead atoms. The zero-order valence-electron chi connectivity index (χ0n) is 7.83. The van der Waals surface area contributed by atoms with Crippen LogP contribution in [0.2, 0.25) is 0 Å². The molecule has 0 saturated heterocycles. The van der Waals surface area contributed by atoms with Crippen molar-refractivity contribution in [2.24, 2.45) is 0 Å². The van der Waals surface area contributed by atoms with Crippen molar-refractivity contribution in [3.05, 3.63) is 0 Å². The quantitative estimate of drug-likeness (QED) is 0.493. The van der Waals surface area contributed by atoms with Gasteiger partial charge in [-0.2, -0.15) is 8.78 Å². The maximum atomic E-state index is 12.9. The topological polar surface area (TPSA) is 9.23 Å². The molecule has 0 aliphatic heterocycles. The van der Waals surface area contributed by atoms with Crippen LogP contribution < -0.4 is 0 Å². The van der Waals surface area contributed by atoms with E-state index in [1.165, 1.54) is 0 Å². The van der Waals surface area contributed by atoms with Crippen LogP contribution in [0.15, 0.2) is 0 Å². The number of ether oxygens (including phenoxy) is 1. The predicted octanol–water partition coefficient (Wildman–Crippen LogP) is 3.93. The molecule has 0 rings (SSSR count). The summed E-state index contributed by atoms with van der Waals surface area (Å²) in [4.78, 5) is 0. The Kier molecular flexibility index (Phi) is 6.17. The molecule has 0 aliphatic carbocycles. The number of halogens is 5. The van der Waals surface area contributed by atoms with Crippen molar-refractivity contribution in [1.29, 1.82) is 0 Å². The van der Waals surface area contributed by atoms with Gasteiger partial charge in [-0.05, 0) is 18.0 Å². The van der Waals surface area contributed by atoms with E-state index in [2.05, 4.69) is 11.6 Å². The van der Waals surface area contributed by atoms with Gasteiger partial charge in [-0.3, -0.25) is 0 Å². The SMILES string of the molecule is CCCCOCCC(F)(Cl)C(F)(F)Cl. The summed E-state index contributed by atoms with van der Waals surface area (Å²) in [5.74, 6) is 0. The Morgan fingerprint density at radius 3 is 2.14 bits per heavy atom. The predicted molar refractivity (Wildman–Crippen MR) is 50.8 cm³/mol. The molecule has 86 valence electrons. The van der Waals surface area contributed by atoms with Gasteiger partial charge in [0.15, 0.2) is 0 Å². The Balaban J connectivity index is 3.67. The third-order valence-electron chi connectivity index (χ3n) is 1.62. The summed E-state index contributed by atoms with van der Waals surface area (Å²) in [5.41, 5.74) is 0. The van der Waals surface area contributed by atoms with Gasteiger partial charge in [0.25, 0.3) is 5.13 Å². The first kappa shape index (κ1) is 14.3. The van der Waals surface area contributed by atoms with Crippen LogP contribution in [0.3, 0.4) is 0 Å². The Morgan fingerprint density at radius 1 is 1.14 bits per heavy atom. The van der Waals surface area contributed by atoms with Crippen LogP contribution in [0.25, 0.3) is 0 Å². The number of hydrogen-bond acceptors (Lipinski definition) is 1. The normalized spacial score (nSPS) is 16.7. The van der Waals surface area contributed by atoms with E-state index in [9.17, 15) is 13.2 Å². The van der Waals surface area contributed by atoms with Gasteiger partial charge in [-0.1, -0.05) is 24.9 Å². The molecule has 0 amide bonds. The summed E-state index contributed by atoms with van der Waals surface area (Å²) in [6.07, 6.45) is 1.10. The van der Waals surface area contributed by atoms with E-state index in [1.54, 1.807) is 0 Å². The highest BCUT2D eigenvalue weighted by molar-refractivity contribution is 6.32. The highest BCUT2D eigenvalue weighted by atomic mass is 35.5. The van der Waals surface area contributed by atoms with Crippen molar-refractivity contribution in [3.63, 3.8) is 0 Å². The largest absolute Gasteiger partial charge is 0.381 e. The molecule has 0 saturated carbocycles. The molecule has 0 heterocycles. The first-order valence-corrected chi connectivity index (χ1v) is 5.09. The molecule has 0 aromatic carbocycles. The lowest BCUT2D eigenvalue weighted by molar-refractivity contribution is -0.0372. The molecule has 0 aliphatic rings. The number of unbranched alkanes of at least 4 members (excludes halogenated alkanes) is 1. The van der Waals surface area contributed by atoms with Crippen molar-refractivity contribution in [1.82, 2.24) is 0 Å². The van der Waals surface area contributed by atoms with E-state index in [0.29, 0.717) is 6.61 Å². The number of alkyl halides is 5. The number of rotatable bonds is 7. The van der Waals surface area contributed by atoms with Crippen molar-refractivity contribution in [2.45, 2.75) is 36.7 Å². The second kappa shape index (κ2) is 6.03. The molecule has 0 aromatic rings. The lowest BCUT2D eigenvalue weighted by Crippen LogP contribution is -2.35. The summed E-state index contributed by atoms with van der Waals surface area (Å²) in [6.45, 7) is 2.21. The molecular weight excluding hydrogens is 240 g/mol. The first-order chi connectivity index (χ1) is 6.31. The Morgan fingerprint density at radius 2 is 1.71 bits per heavy atom. The van der Waals surface area contributed by atoms with Gasteiger partial charge in [0.1, 0.15) is 0 Å². The van der Waals surface area contributed by atoms with E-state index < -0.39 is 16.9 Å². The van der Waals surface area contributed by atoms with Gasteiger partial charge in [-0.15, -0.1) is 0 Å². The van der Waals surface area contributed by atoms with Gasteiger partial charge < -0.3 is 4.74 Å². The summed E-state index contributed by atoms with van der Waals surface area (Å²) in [6, 6.07) is 0. The molecule has 0 aromatic heterocycles. The minimum atomic E-state index is -4.07. The first-order valence-electron chi connectivity index (χ1n) is 4.33. The Hall–Kier alpha value is 0.330. The highest BCUT2D eigenvalue weighted by Crippen LogP contribution is 2.42. The van der Waals surface area contributed by atoms with Crippen molar-refractivity contribution in [3.8, 4) is 0 Å². The van der Waals surface area contributed by atoms with Gasteiger partial charge in [0, 0.05) is 13.0 Å². The molecule has 1 atom stereocenters. The van der Waals surface area contributed by atoms with Gasteiger partial charge in [0.05, 0.1) is 6.61 Å². The molecule has 0 spiro atoms. The van der Waals surface area contributed by atoms with Crippen LogP contribution >= 0.6 is 23.2 Å². The second-order valence-electron chi connectivity index (χ2n) is 2.92. The van der Waals surface area contributed by atoms with E-state index in [4.69, 9.17) is 16.3 Å². The third kappa shape index (κ3) is 5.27. The van der Waals surface area contributed by atoms with E-state index in [1.807, 2.05) is 6.92 Å². The van der Waals surface area contributed by atoms with Crippen LogP contribution in [0.4, 0.5) is 13.2 Å². The van der Waals surface area contributed by atoms with Crippen molar-refractivity contribution >= 4 is 23.2 Å². The van der Waals surface area contributed by atoms with Crippen LogP contribution in [-0.4, -0.2) is 23.7 Å². The highest BCUT2D eigenvalue weighted by Gasteiger charge is 2.51. The summed E-state index contributed by atoms with van der Waals surface area (Å²) >= 11 is 9.37. The molecule has 0 fully saturated rings. The molecule has 1 nitrogen and oxygen atoms in total. The van der Waals surface area contributed by atoms with Crippen LogP contribution in [0, 0.1) is 0 Å². The number of hydrogen-bond donors (Lipinski definition) is 0. The maximum Gasteiger partial charge on any atom is 0.369 e. The molecule has 6 heteroatoms. The molecule has 0 N–H and O–H groups in total. The summed E-state index contributed by atoms with van der Waals surface area (Å²) in [7, 11) is 0. The average Bonchev–Trinajstić information content (AvgIpc) is 2.02. The molecule has 1 unspecified atom stereocenters. The molecule has 0 radical (unpaired) electrons. The molecular formula is C8H13Cl2F3O. The standard InChI is InChI=1S/C8H13Cl2F3O/c1-2-3-5-14-6-4-7(9,11)8(10,12)13/h2-6H2,1H3. The molecule has 14 heavy (non-hydrogen) atoms. The van der Waals surface area contributed by atoms with E-state index in [-0.39, 0.29) is 6.61 Å². The Labute approximate surface area is 91.5 Å². The van der Waals surface area contributed by atoms with Gasteiger partial charge in [0.2, 0.25) is 0 Å². The van der Waals surface area contributed by atoms with E-state index >= 15 is 0 Å². The van der Waals surface area contributed by atoms with Gasteiger partial charge >= 0.3 is 5.38 Å². The zero-order valence-corrected chi connectivity index (χ0v) is 9.35. The smallest absolute Gasteiger partial charge is 0.369 e. The minimum absolute atomic E-state index is 0.164. The lowest BCUT2D eigenvalue weighted by atomic mass is 10.3.